The molecule has 0 aliphatic rings. The van der Waals surface area contributed by atoms with Crippen molar-refractivity contribution in [2.75, 3.05) is 0 Å². The minimum Gasteiger partial charge on any atom is -0.423 e. The first-order valence-corrected chi connectivity index (χ1v) is 12.7. The maximum Gasteiger partial charge on any atom is 0.335 e. The zero-order valence-corrected chi connectivity index (χ0v) is 22.2. The van der Waals surface area contributed by atoms with E-state index in [-0.39, 0.29) is 5.82 Å². The van der Waals surface area contributed by atoms with Gasteiger partial charge in [-0.1, -0.05) is 110 Å². The molecule has 4 nitrogen and oxygen atoms in total. The fraction of sp³-hybridized carbons (Fsp3) is 0. The summed E-state index contributed by atoms with van der Waals surface area (Å²) in [6.45, 7) is 6.77. The standard InChI is InChI=1S/C36H27FO4/c1-3-35(38)40-32-22-18-28(19-23-32)16-20-31-21-17-30(25-34(31)37)15-13-27-10-8-26(9-11-27)12-14-29-6-5-7-33(24-29)41-36(39)4-2/h3-25H,1-2H2. The predicted octanol–water partition coefficient (Wildman–Crippen LogP) is 8.52. The molecule has 0 amide bonds. The van der Waals surface area contributed by atoms with Crippen molar-refractivity contribution in [3.8, 4) is 11.5 Å². The van der Waals surface area contributed by atoms with Gasteiger partial charge in [-0.15, -0.1) is 0 Å². The lowest BCUT2D eigenvalue weighted by molar-refractivity contribution is -0.129. The fourth-order valence-corrected chi connectivity index (χ4v) is 3.72. The lowest BCUT2D eigenvalue weighted by atomic mass is 10.1. The highest BCUT2D eigenvalue weighted by Gasteiger charge is 2.02. The van der Waals surface area contributed by atoms with Crippen LogP contribution >= 0.6 is 0 Å². The van der Waals surface area contributed by atoms with Crippen molar-refractivity contribution in [3.63, 3.8) is 0 Å². The van der Waals surface area contributed by atoms with Crippen LogP contribution in [0.5, 0.6) is 11.5 Å². The highest BCUT2D eigenvalue weighted by atomic mass is 19.1. The van der Waals surface area contributed by atoms with E-state index in [0.29, 0.717) is 17.1 Å². The molecular weight excluding hydrogens is 515 g/mol. The van der Waals surface area contributed by atoms with E-state index in [4.69, 9.17) is 9.47 Å². The van der Waals surface area contributed by atoms with Crippen molar-refractivity contribution >= 4 is 48.4 Å². The summed E-state index contributed by atoms with van der Waals surface area (Å²) in [5.41, 5.74) is 4.93. The molecule has 0 aliphatic heterocycles. The SMILES string of the molecule is C=CC(=O)Oc1ccc(C=Cc2ccc(C=Cc3ccc(C=Cc4cccc(OC(=O)C=C)c4)cc3)cc2F)cc1. The number of hydrogen-bond acceptors (Lipinski definition) is 4. The van der Waals surface area contributed by atoms with E-state index in [1.807, 2.05) is 66.8 Å². The van der Waals surface area contributed by atoms with Gasteiger partial charge in [-0.2, -0.15) is 0 Å². The van der Waals surface area contributed by atoms with Gasteiger partial charge in [0.2, 0.25) is 0 Å². The number of carbonyl (C=O) groups is 2. The fourth-order valence-electron chi connectivity index (χ4n) is 3.72. The van der Waals surface area contributed by atoms with Crippen LogP contribution in [0, 0.1) is 5.82 Å². The van der Waals surface area contributed by atoms with Crippen LogP contribution in [0.4, 0.5) is 4.39 Å². The van der Waals surface area contributed by atoms with Crippen molar-refractivity contribution in [2.45, 2.75) is 0 Å². The van der Waals surface area contributed by atoms with Gasteiger partial charge in [0.25, 0.3) is 0 Å². The number of hydrogen-bond donors (Lipinski definition) is 0. The van der Waals surface area contributed by atoms with Crippen molar-refractivity contribution in [3.05, 3.63) is 156 Å². The number of carbonyl (C=O) groups excluding carboxylic acids is 2. The highest BCUT2D eigenvalue weighted by Crippen LogP contribution is 2.20. The monoisotopic (exact) mass is 542 g/mol. The van der Waals surface area contributed by atoms with E-state index in [1.165, 1.54) is 6.07 Å². The minimum absolute atomic E-state index is 0.330. The van der Waals surface area contributed by atoms with Gasteiger partial charge in [-0.05, 0) is 58.1 Å². The summed E-state index contributed by atoms with van der Waals surface area (Å²) >= 11 is 0. The summed E-state index contributed by atoms with van der Waals surface area (Å²) in [6.07, 6.45) is 13.4. The van der Waals surface area contributed by atoms with E-state index >= 15 is 0 Å². The summed E-state index contributed by atoms with van der Waals surface area (Å²) in [4.78, 5) is 22.7. The average molecular weight is 543 g/mol. The van der Waals surface area contributed by atoms with E-state index in [2.05, 4.69) is 13.2 Å². The van der Waals surface area contributed by atoms with Gasteiger partial charge in [-0.25, -0.2) is 14.0 Å². The minimum atomic E-state index is -0.524. The number of halogens is 1. The van der Waals surface area contributed by atoms with E-state index in [1.54, 1.807) is 54.6 Å². The second kappa shape index (κ2) is 14.0. The molecule has 0 unspecified atom stereocenters. The predicted molar refractivity (Wildman–Crippen MR) is 164 cm³/mol. The zero-order valence-electron chi connectivity index (χ0n) is 22.2. The van der Waals surface area contributed by atoms with Crippen LogP contribution in [0.3, 0.4) is 0 Å². The van der Waals surface area contributed by atoms with Crippen molar-refractivity contribution in [1.82, 2.24) is 0 Å². The van der Waals surface area contributed by atoms with E-state index in [9.17, 15) is 14.0 Å². The van der Waals surface area contributed by atoms with Gasteiger partial charge in [0.1, 0.15) is 17.3 Å². The Bertz CT molecular complexity index is 1640. The van der Waals surface area contributed by atoms with E-state index in [0.717, 1.165) is 40.0 Å². The molecule has 0 saturated carbocycles. The summed E-state index contributed by atoms with van der Waals surface area (Å²) in [5, 5.41) is 0. The van der Waals surface area contributed by atoms with Crippen LogP contribution in [0.1, 0.15) is 33.4 Å². The molecule has 0 bridgehead atoms. The van der Waals surface area contributed by atoms with Crippen LogP contribution < -0.4 is 9.47 Å². The Morgan fingerprint density at radius 3 is 1.56 bits per heavy atom. The topological polar surface area (TPSA) is 52.6 Å². The molecule has 0 N–H and O–H groups in total. The third-order valence-corrected chi connectivity index (χ3v) is 5.86. The Kier molecular flexibility index (Phi) is 9.73. The smallest absolute Gasteiger partial charge is 0.335 e. The molecule has 0 fully saturated rings. The van der Waals surface area contributed by atoms with Gasteiger partial charge in [0, 0.05) is 17.7 Å². The number of esters is 2. The Hall–Kier alpha value is -5.55. The molecule has 5 heteroatoms. The maximum atomic E-state index is 14.7. The molecule has 4 rings (SSSR count). The average Bonchev–Trinajstić information content (AvgIpc) is 2.99. The van der Waals surface area contributed by atoms with Crippen LogP contribution in [0.25, 0.3) is 36.5 Å². The first-order valence-electron chi connectivity index (χ1n) is 12.7. The molecule has 41 heavy (non-hydrogen) atoms. The zero-order chi connectivity index (χ0) is 29.0. The first kappa shape index (κ1) is 28.5. The molecule has 0 saturated heterocycles. The Morgan fingerprint density at radius 2 is 1.00 bits per heavy atom. The molecule has 0 atom stereocenters. The number of rotatable bonds is 10. The van der Waals surface area contributed by atoms with Crippen LogP contribution in [0.2, 0.25) is 0 Å². The summed E-state index contributed by atoms with van der Waals surface area (Å²) in [7, 11) is 0. The molecule has 0 aliphatic carbocycles. The van der Waals surface area contributed by atoms with E-state index < -0.39 is 11.9 Å². The van der Waals surface area contributed by atoms with Crippen molar-refractivity contribution in [1.29, 1.82) is 0 Å². The molecule has 0 radical (unpaired) electrons. The molecular formula is C36H27FO4. The molecule has 0 aromatic heterocycles. The molecule has 4 aromatic rings. The van der Waals surface area contributed by atoms with Gasteiger partial charge >= 0.3 is 11.9 Å². The third kappa shape index (κ3) is 8.73. The number of ether oxygens (including phenoxy) is 2. The summed E-state index contributed by atoms with van der Waals surface area (Å²) in [5.74, 6) is -0.485. The first-order chi connectivity index (χ1) is 19.9. The summed E-state index contributed by atoms with van der Waals surface area (Å²) in [6, 6.07) is 27.1. The lowest BCUT2D eigenvalue weighted by Gasteiger charge is -2.02. The Labute approximate surface area is 238 Å². The second-order valence-electron chi connectivity index (χ2n) is 8.84. The number of benzene rings is 4. The van der Waals surface area contributed by atoms with Crippen LogP contribution in [-0.4, -0.2) is 11.9 Å². The summed E-state index contributed by atoms with van der Waals surface area (Å²) < 4.78 is 24.9. The van der Waals surface area contributed by atoms with Gasteiger partial charge in [0.15, 0.2) is 0 Å². The molecule has 0 heterocycles. The lowest BCUT2D eigenvalue weighted by Crippen LogP contribution is -2.02. The van der Waals surface area contributed by atoms with Gasteiger partial charge < -0.3 is 9.47 Å². The van der Waals surface area contributed by atoms with Gasteiger partial charge in [0.05, 0.1) is 0 Å². The van der Waals surface area contributed by atoms with Gasteiger partial charge in [-0.3, -0.25) is 0 Å². The maximum absolute atomic E-state index is 14.7. The van der Waals surface area contributed by atoms with Crippen molar-refractivity contribution in [2.24, 2.45) is 0 Å². The van der Waals surface area contributed by atoms with Crippen LogP contribution in [-0.2, 0) is 9.59 Å². The third-order valence-electron chi connectivity index (χ3n) is 5.86. The molecule has 202 valence electrons. The molecule has 0 spiro atoms. The van der Waals surface area contributed by atoms with Crippen molar-refractivity contribution < 1.29 is 23.5 Å². The normalized spacial score (nSPS) is 11.1. The van der Waals surface area contributed by atoms with Crippen LogP contribution in [0.15, 0.2) is 116 Å². The second-order valence-corrected chi connectivity index (χ2v) is 8.84. The quantitative estimate of drug-likeness (QED) is 0.0872. The Balaban J connectivity index is 1.35. The molecule has 4 aromatic carbocycles. The largest absolute Gasteiger partial charge is 0.423 e. The Morgan fingerprint density at radius 1 is 0.537 bits per heavy atom. The highest BCUT2D eigenvalue weighted by molar-refractivity contribution is 5.84.